The summed E-state index contributed by atoms with van der Waals surface area (Å²) in [7, 11) is 1.39. The summed E-state index contributed by atoms with van der Waals surface area (Å²) >= 11 is 0. The predicted molar refractivity (Wildman–Crippen MR) is 78.7 cm³/mol. The molecule has 3 nitrogen and oxygen atoms in total. The first kappa shape index (κ1) is 12.9. The topological polar surface area (TPSA) is 52.3 Å². The van der Waals surface area contributed by atoms with Gasteiger partial charge in [-0.15, -0.1) is 0 Å². The number of benzene rings is 2. The zero-order valence-corrected chi connectivity index (χ0v) is 11.9. The molecule has 2 aromatic carbocycles. The molecule has 0 fully saturated rings. The summed E-state index contributed by atoms with van der Waals surface area (Å²) in [5.74, 6) is -0.330. The van der Waals surface area contributed by atoms with Crippen molar-refractivity contribution in [2.24, 2.45) is 5.73 Å². The number of nitrogens with two attached hydrogens (primary N) is 1. The van der Waals surface area contributed by atoms with Crippen LogP contribution in [-0.4, -0.2) is 13.1 Å². The van der Waals surface area contributed by atoms with Crippen LogP contribution in [0.15, 0.2) is 30.3 Å². The van der Waals surface area contributed by atoms with Crippen LogP contribution >= 0.6 is 0 Å². The molecule has 1 aliphatic rings. The molecule has 0 aromatic heterocycles. The van der Waals surface area contributed by atoms with Gasteiger partial charge in [0.2, 0.25) is 0 Å². The Bertz CT molecular complexity index is 719. The van der Waals surface area contributed by atoms with E-state index in [2.05, 4.69) is 26.0 Å². The highest BCUT2D eigenvalue weighted by Gasteiger charge is 2.28. The summed E-state index contributed by atoms with van der Waals surface area (Å²) < 4.78 is 4.77. The first-order valence-electron chi connectivity index (χ1n) is 6.63. The molecule has 0 aliphatic heterocycles. The molecule has 0 heterocycles. The van der Waals surface area contributed by atoms with Crippen LogP contribution in [0.3, 0.4) is 0 Å². The Balaban J connectivity index is 2.23. The number of hydrogen-bond acceptors (Lipinski definition) is 3. The van der Waals surface area contributed by atoms with Gasteiger partial charge in [0.05, 0.1) is 18.7 Å². The molecule has 0 amide bonds. The third-order valence-electron chi connectivity index (χ3n) is 4.18. The van der Waals surface area contributed by atoms with Gasteiger partial charge in [0.15, 0.2) is 0 Å². The quantitative estimate of drug-likeness (QED) is 0.808. The van der Waals surface area contributed by atoms with Crippen molar-refractivity contribution in [3.8, 4) is 11.1 Å². The smallest absolute Gasteiger partial charge is 0.337 e. The molecule has 1 aliphatic carbocycles. The lowest BCUT2D eigenvalue weighted by molar-refractivity contribution is 0.0600. The molecule has 2 aromatic rings. The van der Waals surface area contributed by atoms with E-state index in [9.17, 15) is 4.79 Å². The fourth-order valence-corrected chi connectivity index (χ4v) is 2.91. The number of fused-ring (bicyclic) bond motifs is 3. The van der Waals surface area contributed by atoms with Crippen molar-refractivity contribution in [2.45, 2.75) is 19.9 Å². The molecule has 2 N–H and O–H groups in total. The third-order valence-corrected chi connectivity index (χ3v) is 4.18. The lowest BCUT2D eigenvalue weighted by Crippen LogP contribution is -2.09. The monoisotopic (exact) mass is 267 g/mol. The van der Waals surface area contributed by atoms with Gasteiger partial charge in [0.1, 0.15) is 0 Å². The number of esters is 1. The summed E-state index contributed by atoms with van der Waals surface area (Å²) in [6, 6.07) is 9.62. The molecule has 3 heteroatoms. The second kappa shape index (κ2) is 4.46. The molecule has 3 rings (SSSR count). The lowest BCUT2D eigenvalue weighted by atomic mass is 9.96. The van der Waals surface area contributed by atoms with Crippen molar-refractivity contribution in [3.05, 3.63) is 58.1 Å². The predicted octanol–water partition coefficient (Wildman–Crippen LogP) is 3.12. The number of methoxy groups -OCH3 is 1. The second-order valence-electron chi connectivity index (χ2n) is 5.24. The molecule has 1 unspecified atom stereocenters. The molecule has 102 valence electrons. The molecule has 0 bridgehead atoms. The lowest BCUT2D eigenvalue weighted by Gasteiger charge is -2.09. The van der Waals surface area contributed by atoms with E-state index in [0.29, 0.717) is 5.56 Å². The third kappa shape index (κ3) is 1.67. The van der Waals surface area contributed by atoms with E-state index in [1.807, 2.05) is 12.1 Å². The van der Waals surface area contributed by atoms with E-state index in [0.717, 1.165) is 16.7 Å². The minimum absolute atomic E-state index is 0.177. The number of carbonyl (C=O) groups is 1. The first-order chi connectivity index (χ1) is 9.54. The van der Waals surface area contributed by atoms with Crippen molar-refractivity contribution in [2.75, 3.05) is 7.11 Å². The Morgan fingerprint density at radius 1 is 1.15 bits per heavy atom. The number of rotatable bonds is 1. The fraction of sp³-hybridized carbons (Fsp3) is 0.235. The van der Waals surface area contributed by atoms with E-state index >= 15 is 0 Å². The van der Waals surface area contributed by atoms with E-state index in [4.69, 9.17) is 10.5 Å². The van der Waals surface area contributed by atoms with Gasteiger partial charge >= 0.3 is 5.97 Å². The Morgan fingerprint density at radius 3 is 2.60 bits per heavy atom. The SMILES string of the molecule is COC(=O)c1ccc2c(c1)C(N)c1ccc(C)c(C)c1-2. The van der Waals surface area contributed by atoms with Crippen LogP contribution in [-0.2, 0) is 4.74 Å². The molecule has 1 atom stereocenters. The van der Waals surface area contributed by atoms with Crippen molar-refractivity contribution in [1.82, 2.24) is 0 Å². The van der Waals surface area contributed by atoms with Crippen LogP contribution < -0.4 is 5.73 Å². The van der Waals surface area contributed by atoms with Crippen LogP contribution in [0.2, 0.25) is 0 Å². The zero-order valence-electron chi connectivity index (χ0n) is 11.9. The number of aryl methyl sites for hydroxylation is 1. The van der Waals surface area contributed by atoms with Gasteiger partial charge in [-0.2, -0.15) is 0 Å². The number of carbonyl (C=O) groups excluding carboxylic acids is 1. The van der Waals surface area contributed by atoms with E-state index in [1.54, 1.807) is 6.07 Å². The highest BCUT2D eigenvalue weighted by atomic mass is 16.5. The van der Waals surface area contributed by atoms with Gasteiger partial charge in [0.25, 0.3) is 0 Å². The van der Waals surface area contributed by atoms with Gasteiger partial charge < -0.3 is 10.5 Å². The van der Waals surface area contributed by atoms with Crippen molar-refractivity contribution in [1.29, 1.82) is 0 Å². The Morgan fingerprint density at radius 2 is 1.90 bits per heavy atom. The number of hydrogen-bond donors (Lipinski definition) is 1. The maximum atomic E-state index is 11.7. The summed E-state index contributed by atoms with van der Waals surface area (Å²) in [5, 5.41) is 0. The summed E-state index contributed by atoms with van der Waals surface area (Å²) in [6.07, 6.45) is 0. The van der Waals surface area contributed by atoms with E-state index in [-0.39, 0.29) is 12.0 Å². The van der Waals surface area contributed by atoms with Crippen molar-refractivity contribution >= 4 is 5.97 Å². The van der Waals surface area contributed by atoms with E-state index in [1.165, 1.54) is 23.8 Å². The number of ether oxygens (including phenoxy) is 1. The summed E-state index contributed by atoms with van der Waals surface area (Å²) in [6.45, 7) is 4.21. The maximum Gasteiger partial charge on any atom is 0.337 e. The zero-order chi connectivity index (χ0) is 14.4. The molecule has 0 saturated carbocycles. The average molecular weight is 267 g/mol. The molecule has 0 spiro atoms. The van der Waals surface area contributed by atoms with Gasteiger partial charge in [-0.3, -0.25) is 0 Å². The van der Waals surface area contributed by atoms with Crippen LogP contribution in [0.5, 0.6) is 0 Å². The van der Waals surface area contributed by atoms with Crippen LogP contribution in [0.4, 0.5) is 0 Å². The van der Waals surface area contributed by atoms with Crippen LogP contribution in [0.25, 0.3) is 11.1 Å². The minimum Gasteiger partial charge on any atom is -0.465 e. The minimum atomic E-state index is -0.330. The van der Waals surface area contributed by atoms with Crippen molar-refractivity contribution in [3.63, 3.8) is 0 Å². The van der Waals surface area contributed by atoms with Gasteiger partial charge in [-0.1, -0.05) is 18.2 Å². The summed E-state index contributed by atoms with van der Waals surface area (Å²) in [4.78, 5) is 11.7. The molecular weight excluding hydrogens is 250 g/mol. The highest BCUT2D eigenvalue weighted by Crippen LogP contribution is 2.44. The molecule has 0 radical (unpaired) electrons. The summed E-state index contributed by atoms with van der Waals surface area (Å²) in [5.41, 5.74) is 13.8. The van der Waals surface area contributed by atoms with Crippen molar-refractivity contribution < 1.29 is 9.53 Å². The highest BCUT2D eigenvalue weighted by molar-refractivity contribution is 5.92. The Labute approximate surface area is 118 Å². The first-order valence-corrected chi connectivity index (χ1v) is 6.63. The second-order valence-corrected chi connectivity index (χ2v) is 5.24. The molecular formula is C17H17NO2. The average Bonchev–Trinajstić information content (AvgIpc) is 2.75. The van der Waals surface area contributed by atoms with Crippen LogP contribution in [0, 0.1) is 13.8 Å². The fourth-order valence-electron chi connectivity index (χ4n) is 2.91. The van der Waals surface area contributed by atoms with Gasteiger partial charge in [-0.05, 0) is 59.4 Å². The van der Waals surface area contributed by atoms with Gasteiger partial charge in [-0.25, -0.2) is 4.79 Å². The molecule has 20 heavy (non-hydrogen) atoms. The Kier molecular flexibility index (Phi) is 2.87. The van der Waals surface area contributed by atoms with Crippen LogP contribution in [0.1, 0.15) is 38.7 Å². The maximum absolute atomic E-state index is 11.7. The molecule has 0 saturated heterocycles. The largest absolute Gasteiger partial charge is 0.465 e. The Hall–Kier alpha value is -2.13. The van der Waals surface area contributed by atoms with Gasteiger partial charge in [0, 0.05) is 0 Å². The van der Waals surface area contributed by atoms with E-state index < -0.39 is 0 Å². The standard InChI is InChI=1S/C17H17NO2/c1-9-4-6-13-15(10(9)2)12-7-5-11(17(19)20-3)8-14(12)16(13)18/h4-8,16H,18H2,1-3H3. The normalized spacial score (nSPS) is 15.7.